The highest BCUT2D eigenvalue weighted by Crippen LogP contribution is 2.35. The second-order valence-electron chi connectivity index (χ2n) is 8.03. The van der Waals surface area contributed by atoms with Crippen LogP contribution in [0.5, 0.6) is 0 Å². The number of piperazine rings is 1. The number of nitrogens with two attached hydrogens (primary N) is 1. The molecular weight excluding hydrogens is 374 g/mol. The first-order chi connectivity index (χ1) is 13.7. The van der Waals surface area contributed by atoms with Crippen molar-refractivity contribution in [3.05, 3.63) is 24.2 Å². The summed E-state index contributed by atoms with van der Waals surface area (Å²) >= 11 is 0. The van der Waals surface area contributed by atoms with Gasteiger partial charge >= 0.3 is 6.09 Å². The maximum Gasteiger partial charge on any atom is 0.410 e. The molecule has 0 unspecified atom stereocenters. The Morgan fingerprint density at radius 3 is 2.66 bits per heavy atom. The number of anilines is 2. The molecular formula is C19H25N7O3. The Labute approximate surface area is 168 Å². The summed E-state index contributed by atoms with van der Waals surface area (Å²) in [4.78, 5) is 25.0. The Kier molecular flexibility index (Phi) is 4.56. The molecule has 1 amide bonds. The van der Waals surface area contributed by atoms with Gasteiger partial charge in [0.25, 0.3) is 0 Å². The van der Waals surface area contributed by atoms with Gasteiger partial charge in [-0.2, -0.15) is 9.61 Å². The zero-order valence-corrected chi connectivity index (χ0v) is 17.0. The van der Waals surface area contributed by atoms with Crippen LogP contribution in [-0.2, 0) is 4.74 Å². The molecule has 10 nitrogen and oxygen atoms in total. The van der Waals surface area contributed by atoms with Crippen molar-refractivity contribution in [2.45, 2.75) is 33.3 Å². The van der Waals surface area contributed by atoms with Gasteiger partial charge in [0, 0.05) is 37.8 Å². The summed E-state index contributed by atoms with van der Waals surface area (Å²) in [6, 6.07) is 1.91. The molecule has 0 aromatic carbocycles. The molecule has 1 saturated heterocycles. The van der Waals surface area contributed by atoms with Gasteiger partial charge in [0.15, 0.2) is 11.4 Å². The molecule has 4 rings (SSSR count). The van der Waals surface area contributed by atoms with E-state index < -0.39 is 5.60 Å². The van der Waals surface area contributed by atoms with Gasteiger partial charge in [-0.3, -0.25) is 0 Å². The Hall–Kier alpha value is -3.30. The van der Waals surface area contributed by atoms with Gasteiger partial charge in [0.05, 0.1) is 12.0 Å². The van der Waals surface area contributed by atoms with Crippen molar-refractivity contribution in [3.8, 4) is 11.5 Å². The van der Waals surface area contributed by atoms with E-state index in [1.165, 1.54) is 10.8 Å². The monoisotopic (exact) mass is 399 g/mol. The lowest BCUT2D eigenvalue weighted by Gasteiger charge is -2.36. The van der Waals surface area contributed by atoms with Crippen LogP contribution in [0.2, 0.25) is 0 Å². The molecule has 0 bridgehead atoms. The maximum atomic E-state index is 12.3. The molecule has 1 fully saturated rings. The molecule has 1 aliphatic heterocycles. The third-order valence-corrected chi connectivity index (χ3v) is 4.81. The van der Waals surface area contributed by atoms with Crippen molar-refractivity contribution in [3.63, 3.8) is 0 Å². The topological polar surface area (TPSA) is 115 Å². The first-order valence-electron chi connectivity index (χ1n) is 9.51. The smallest absolute Gasteiger partial charge is 0.410 e. The van der Waals surface area contributed by atoms with Crippen molar-refractivity contribution in [1.82, 2.24) is 24.5 Å². The van der Waals surface area contributed by atoms with Gasteiger partial charge in [-0.05, 0) is 27.7 Å². The number of aromatic nitrogens is 4. The predicted molar refractivity (Wildman–Crippen MR) is 108 cm³/mol. The molecule has 2 N–H and O–H groups in total. The van der Waals surface area contributed by atoms with Gasteiger partial charge < -0.3 is 24.7 Å². The van der Waals surface area contributed by atoms with Crippen molar-refractivity contribution >= 4 is 23.4 Å². The number of rotatable bonds is 2. The minimum atomic E-state index is -0.505. The molecule has 4 heterocycles. The lowest BCUT2D eigenvalue weighted by molar-refractivity contribution is 0.0240. The van der Waals surface area contributed by atoms with Crippen molar-refractivity contribution in [2.24, 2.45) is 0 Å². The fourth-order valence-electron chi connectivity index (χ4n) is 3.42. The van der Waals surface area contributed by atoms with E-state index >= 15 is 0 Å². The maximum absolute atomic E-state index is 12.3. The number of nitrogen functional groups attached to an aromatic ring is 1. The predicted octanol–water partition coefficient (Wildman–Crippen LogP) is 2.33. The number of ether oxygens (including phenoxy) is 1. The van der Waals surface area contributed by atoms with E-state index in [0.717, 1.165) is 11.3 Å². The van der Waals surface area contributed by atoms with Crippen LogP contribution in [0.25, 0.3) is 17.1 Å². The Bertz CT molecular complexity index is 1040. The zero-order chi connectivity index (χ0) is 20.8. The van der Waals surface area contributed by atoms with Gasteiger partial charge in [-0.15, -0.1) is 0 Å². The van der Waals surface area contributed by atoms with Crippen LogP contribution >= 0.6 is 0 Å². The number of aryl methyl sites for hydroxylation is 1. The van der Waals surface area contributed by atoms with Crippen LogP contribution in [0.1, 0.15) is 26.3 Å². The number of nitrogens with zero attached hydrogens (tertiary/aromatic N) is 6. The number of carbonyl (C=O) groups excluding carboxylic acids is 1. The molecule has 3 aromatic heterocycles. The molecule has 0 aliphatic carbocycles. The minimum Gasteiger partial charge on any atom is -0.460 e. The first kappa shape index (κ1) is 19.0. The number of hydrogen-bond donors (Lipinski definition) is 1. The van der Waals surface area contributed by atoms with E-state index in [0.29, 0.717) is 43.3 Å². The molecule has 0 radical (unpaired) electrons. The summed E-state index contributed by atoms with van der Waals surface area (Å²) in [5.41, 5.74) is 8.56. The molecule has 0 atom stereocenters. The largest absolute Gasteiger partial charge is 0.460 e. The van der Waals surface area contributed by atoms with Gasteiger partial charge in [-0.1, -0.05) is 0 Å². The molecule has 29 heavy (non-hydrogen) atoms. The second-order valence-corrected chi connectivity index (χ2v) is 8.03. The van der Waals surface area contributed by atoms with E-state index in [1.54, 1.807) is 11.2 Å². The van der Waals surface area contributed by atoms with Crippen molar-refractivity contribution in [2.75, 3.05) is 36.8 Å². The number of fused-ring (bicyclic) bond motifs is 1. The van der Waals surface area contributed by atoms with Crippen LogP contribution < -0.4 is 10.6 Å². The van der Waals surface area contributed by atoms with Crippen LogP contribution in [0.3, 0.4) is 0 Å². The average molecular weight is 399 g/mol. The van der Waals surface area contributed by atoms with Crippen molar-refractivity contribution < 1.29 is 13.9 Å². The number of hydrogen-bond acceptors (Lipinski definition) is 8. The number of carbonyl (C=O) groups is 1. The zero-order valence-electron chi connectivity index (χ0n) is 17.0. The standard InChI is InChI=1S/C19H25N7O3/c1-12-14(23-17(20)26-16(12)21-11-22-26)15-13(5-10-28-15)24-6-8-25(9-7-24)18(27)29-19(2,3)4/h5,10-11H,6-9H2,1-4H3,(H2,20,23). The summed E-state index contributed by atoms with van der Waals surface area (Å²) in [6.07, 6.45) is 2.80. The second kappa shape index (κ2) is 6.94. The fourth-order valence-corrected chi connectivity index (χ4v) is 3.42. The van der Waals surface area contributed by atoms with Gasteiger partial charge in [0.1, 0.15) is 17.6 Å². The van der Waals surface area contributed by atoms with E-state index in [4.69, 9.17) is 14.9 Å². The fraction of sp³-hybridized carbons (Fsp3) is 0.474. The van der Waals surface area contributed by atoms with Crippen LogP contribution in [0.15, 0.2) is 23.1 Å². The average Bonchev–Trinajstić information content (AvgIpc) is 3.33. The summed E-state index contributed by atoms with van der Waals surface area (Å²) in [5.74, 6) is 0.876. The quantitative estimate of drug-likeness (QED) is 0.698. The minimum absolute atomic E-state index is 0.246. The first-order valence-corrected chi connectivity index (χ1v) is 9.51. The van der Waals surface area contributed by atoms with E-state index in [1.807, 2.05) is 33.8 Å². The molecule has 1 aliphatic rings. The van der Waals surface area contributed by atoms with Gasteiger partial charge in [-0.25, -0.2) is 14.8 Å². The summed E-state index contributed by atoms with van der Waals surface area (Å²) in [6.45, 7) is 9.97. The van der Waals surface area contributed by atoms with Crippen LogP contribution in [-0.4, -0.2) is 62.4 Å². The van der Waals surface area contributed by atoms with Gasteiger partial charge in [0.2, 0.25) is 5.95 Å². The summed E-state index contributed by atoms with van der Waals surface area (Å²) in [7, 11) is 0. The van der Waals surface area contributed by atoms with E-state index in [9.17, 15) is 4.79 Å². The van der Waals surface area contributed by atoms with E-state index in [2.05, 4.69) is 20.0 Å². The highest BCUT2D eigenvalue weighted by atomic mass is 16.6. The molecule has 0 saturated carbocycles. The molecule has 3 aromatic rings. The number of amides is 1. The molecule has 0 spiro atoms. The highest BCUT2D eigenvalue weighted by Gasteiger charge is 2.28. The highest BCUT2D eigenvalue weighted by molar-refractivity contribution is 5.78. The lowest BCUT2D eigenvalue weighted by Crippen LogP contribution is -2.50. The Balaban J connectivity index is 1.56. The summed E-state index contributed by atoms with van der Waals surface area (Å²) in [5, 5.41) is 4.09. The third kappa shape index (κ3) is 3.57. The Morgan fingerprint density at radius 1 is 1.24 bits per heavy atom. The SMILES string of the molecule is Cc1c(-c2occc2N2CCN(C(=O)OC(C)(C)C)CC2)nc(N)n2ncnc12. The van der Waals surface area contributed by atoms with Crippen LogP contribution in [0.4, 0.5) is 16.4 Å². The summed E-state index contributed by atoms with van der Waals surface area (Å²) < 4.78 is 12.8. The number of furan rings is 1. The lowest BCUT2D eigenvalue weighted by atomic mass is 10.1. The third-order valence-electron chi connectivity index (χ3n) is 4.81. The van der Waals surface area contributed by atoms with Crippen LogP contribution in [0, 0.1) is 6.92 Å². The van der Waals surface area contributed by atoms with E-state index in [-0.39, 0.29) is 12.0 Å². The normalized spacial score (nSPS) is 15.2. The Morgan fingerprint density at radius 2 is 1.97 bits per heavy atom. The molecule has 154 valence electrons. The van der Waals surface area contributed by atoms with Crippen molar-refractivity contribution in [1.29, 1.82) is 0 Å². The molecule has 10 heteroatoms.